The van der Waals surface area contributed by atoms with Crippen LogP contribution in [-0.2, 0) is 9.59 Å². The van der Waals surface area contributed by atoms with Gasteiger partial charge in [-0.15, -0.1) is 0 Å². The maximum absolute atomic E-state index is 13.0. The van der Waals surface area contributed by atoms with Crippen molar-refractivity contribution in [1.29, 1.82) is 0 Å². The lowest BCUT2D eigenvalue weighted by atomic mass is 10.00. The van der Waals surface area contributed by atoms with E-state index in [1.165, 1.54) is 6.08 Å². The molecule has 1 aliphatic heterocycles. The zero-order valence-electron chi connectivity index (χ0n) is 15.9. The highest BCUT2D eigenvalue weighted by atomic mass is 16.5. The third-order valence-electron chi connectivity index (χ3n) is 4.83. The normalized spacial score (nSPS) is 15.7. The number of carbonyl (C=O) groups excluding carboxylic acids is 3. The molecule has 0 aliphatic carbocycles. The minimum atomic E-state index is -0.763. The van der Waals surface area contributed by atoms with E-state index in [1.54, 1.807) is 43.5 Å². The first-order valence-electron chi connectivity index (χ1n) is 9.03. The third kappa shape index (κ3) is 3.25. The summed E-state index contributed by atoms with van der Waals surface area (Å²) in [5.41, 5.74) is 1.96. The van der Waals surface area contributed by atoms with E-state index in [4.69, 9.17) is 4.74 Å². The van der Waals surface area contributed by atoms with E-state index in [1.807, 2.05) is 31.2 Å². The molecule has 144 valence electrons. The van der Waals surface area contributed by atoms with Gasteiger partial charge in [0.2, 0.25) is 0 Å². The van der Waals surface area contributed by atoms with Gasteiger partial charge in [0.1, 0.15) is 11.3 Å². The molecule has 1 fully saturated rings. The van der Waals surface area contributed by atoms with Crippen LogP contribution in [0.25, 0.3) is 16.8 Å². The van der Waals surface area contributed by atoms with Gasteiger partial charge in [-0.1, -0.05) is 48.0 Å². The second-order valence-corrected chi connectivity index (χ2v) is 6.70. The minimum Gasteiger partial charge on any atom is -0.496 e. The molecule has 0 saturated carbocycles. The van der Waals surface area contributed by atoms with E-state index >= 15 is 0 Å². The van der Waals surface area contributed by atoms with E-state index in [0.29, 0.717) is 17.0 Å². The first kappa shape index (κ1) is 18.4. The second-order valence-electron chi connectivity index (χ2n) is 6.70. The van der Waals surface area contributed by atoms with Crippen LogP contribution >= 0.6 is 0 Å². The molecule has 1 N–H and O–H groups in total. The number of anilines is 1. The van der Waals surface area contributed by atoms with Crippen LogP contribution in [0.5, 0.6) is 5.75 Å². The molecule has 0 radical (unpaired) electrons. The van der Waals surface area contributed by atoms with Crippen molar-refractivity contribution in [3.8, 4) is 5.75 Å². The highest BCUT2D eigenvalue weighted by Crippen LogP contribution is 2.30. The molecule has 6 heteroatoms. The van der Waals surface area contributed by atoms with Gasteiger partial charge in [-0.05, 0) is 42.1 Å². The van der Waals surface area contributed by atoms with Crippen LogP contribution in [0.3, 0.4) is 0 Å². The predicted octanol–water partition coefficient (Wildman–Crippen LogP) is 3.82. The van der Waals surface area contributed by atoms with Crippen LogP contribution in [0.15, 0.2) is 66.2 Å². The number of aryl methyl sites for hydroxylation is 1. The number of ether oxygens (including phenoxy) is 1. The maximum Gasteiger partial charge on any atom is 0.335 e. The van der Waals surface area contributed by atoms with E-state index in [2.05, 4.69) is 5.32 Å². The van der Waals surface area contributed by atoms with Crippen molar-refractivity contribution >= 4 is 40.4 Å². The fraction of sp³-hybridized carbons (Fsp3) is 0.0870. The molecule has 0 bridgehead atoms. The molecular formula is C23H18N2O4. The van der Waals surface area contributed by atoms with E-state index < -0.39 is 17.8 Å². The van der Waals surface area contributed by atoms with E-state index in [-0.39, 0.29) is 5.57 Å². The van der Waals surface area contributed by atoms with Crippen molar-refractivity contribution in [2.24, 2.45) is 0 Å². The summed E-state index contributed by atoms with van der Waals surface area (Å²) in [6, 6.07) is 17.3. The Morgan fingerprint density at radius 3 is 2.28 bits per heavy atom. The lowest BCUT2D eigenvalue weighted by Crippen LogP contribution is -2.54. The Bertz CT molecular complexity index is 1180. The highest BCUT2D eigenvalue weighted by Gasteiger charge is 2.36. The number of imide groups is 2. The number of fused-ring (bicyclic) bond motifs is 1. The molecule has 4 amide bonds. The Balaban J connectivity index is 1.82. The number of hydrogen-bond acceptors (Lipinski definition) is 4. The number of benzene rings is 3. The lowest BCUT2D eigenvalue weighted by Gasteiger charge is -2.26. The summed E-state index contributed by atoms with van der Waals surface area (Å²) in [5, 5.41) is 3.94. The Morgan fingerprint density at radius 1 is 0.897 bits per heavy atom. The van der Waals surface area contributed by atoms with Crippen LogP contribution < -0.4 is 15.0 Å². The smallest absolute Gasteiger partial charge is 0.335 e. The monoisotopic (exact) mass is 386 g/mol. The zero-order valence-corrected chi connectivity index (χ0v) is 15.9. The maximum atomic E-state index is 13.0. The average molecular weight is 386 g/mol. The molecule has 3 aromatic carbocycles. The number of methoxy groups -OCH3 is 1. The molecule has 0 unspecified atom stereocenters. The standard InChI is InChI=1S/C23H18N2O4/c1-14-7-10-16(11-8-14)25-22(27)19(21(26)24-23(25)28)13-15-9-12-20(29-2)18-6-4-3-5-17(15)18/h3-13H,1-2H3,(H,24,26,28)/b19-13-. The van der Waals surface area contributed by atoms with Gasteiger partial charge in [0.25, 0.3) is 11.8 Å². The molecule has 0 aromatic heterocycles. The molecular weight excluding hydrogens is 368 g/mol. The number of nitrogens with zero attached hydrogens (tertiary/aromatic N) is 1. The molecule has 3 aromatic rings. The predicted molar refractivity (Wildman–Crippen MR) is 111 cm³/mol. The number of urea groups is 1. The van der Waals surface area contributed by atoms with Crippen LogP contribution in [-0.4, -0.2) is 25.0 Å². The molecule has 6 nitrogen and oxygen atoms in total. The molecule has 0 atom stereocenters. The quantitative estimate of drug-likeness (QED) is 0.548. The van der Waals surface area contributed by atoms with E-state index in [0.717, 1.165) is 21.2 Å². The minimum absolute atomic E-state index is 0.111. The van der Waals surface area contributed by atoms with Crippen molar-refractivity contribution in [3.63, 3.8) is 0 Å². The first-order chi connectivity index (χ1) is 14.0. The molecule has 29 heavy (non-hydrogen) atoms. The fourth-order valence-electron chi connectivity index (χ4n) is 3.34. The second kappa shape index (κ2) is 7.24. The Labute approximate surface area is 167 Å². The largest absolute Gasteiger partial charge is 0.496 e. The summed E-state index contributed by atoms with van der Waals surface area (Å²) in [5.74, 6) is -0.690. The van der Waals surface area contributed by atoms with Crippen molar-refractivity contribution in [2.75, 3.05) is 12.0 Å². The number of carbonyl (C=O) groups is 3. The summed E-state index contributed by atoms with van der Waals surface area (Å²) in [7, 11) is 1.59. The van der Waals surface area contributed by atoms with Gasteiger partial charge in [-0.25, -0.2) is 9.69 Å². The van der Waals surface area contributed by atoms with Gasteiger partial charge in [0.15, 0.2) is 0 Å². The average Bonchev–Trinajstić information content (AvgIpc) is 2.72. The Hall–Kier alpha value is -3.93. The summed E-state index contributed by atoms with van der Waals surface area (Å²) >= 11 is 0. The number of hydrogen-bond donors (Lipinski definition) is 1. The van der Waals surface area contributed by atoms with Gasteiger partial charge in [0, 0.05) is 5.39 Å². The molecule has 1 saturated heterocycles. The number of amides is 4. The van der Waals surface area contributed by atoms with Crippen molar-refractivity contribution in [1.82, 2.24) is 5.32 Å². The number of barbiturate groups is 1. The number of nitrogens with one attached hydrogen (secondary N) is 1. The lowest BCUT2D eigenvalue weighted by molar-refractivity contribution is -0.122. The van der Waals surface area contributed by atoms with Crippen LogP contribution in [0.4, 0.5) is 10.5 Å². The SMILES string of the molecule is COc1ccc(/C=C2/C(=O)NC(=O)N(c3ccc(C)cc3)C2=O)c2ccccc12. The van der Waals surface area contributed by atoms with Gasteiger partial charge in [-0.3, -0.25) is 14.9 Å². The summed E-state index contributed by atoms with van der Waals surface area (Å²) < 4.78 is 5.39. The van der Waals surface area contributed by atoms with Crippen molar-refractivity contribution in [2.45, 2.75) is 6.92 Å². The van der Waals surface area contributed by atoms with Crippen LogP contribution in [0, 0.1) is 6.92 Å². The van der Waals surface area contributed by atoms with Gasteiger partial charge < -0.3 is 4.74 Å². The Kier molecular flexibility index (Phi) is 4.60. The van der Waals surface area contributed by atoms with Gasteiger partial charge >= 0.3 is 6.03 Å². The van der Waals surface area contributed by atoms with Crippen molar-refractivity contribution < 1.29 is 19.1 Å². The van der Waals surface area contributed by atoms with Gasteiger partial charge in [0.05, 0.1) is 12.8 Å². The topological polar surface area (TPSA) is 75.7 Å². The highest BCUT2D eigenvalue weighted by molar-refractivity contribution is 6.39. The number of rotatable bonds is 3. The van der Waals surface area contributed by atoms with Crippen molar-refractivity contribution in [3.05, 3.63) is 77.4 Å². The molecule has 4 rings (SSSR count). The fourth-order valence-corrected chi connectivity index (χ4v) is 3.34. The summed E-state index contributed by atoms with van der Waals surface area (Å²) in [6.07, 6.45) is 1.51. The van der Waals surface area contributed by atoms with Crippen LogP contribution in [0.2, 0.25) is 0 Å². The Morgan fingerprint density at radius 2 is 1.59 bits per heavy atom. The molecule has 1 aliphatic rings. The third-order valence-corrected chi connectivity index (χ3v) is 4.83. The molecule has 1 heterocycles. The van der Waals surface area contributed by atoms with E-state index in [9.17, 15) is 14.4 Å². The zero-order chi connectivity index (χ0) is 20.5. The van der Waals surface area contributed by atoms with Crippen LogP contribution in [0.1, 0.15) is 11.1 Å². The molecule has 0 spiro atoms. The first-order valence-corrected chi connectivity index (χ1v) is 9.03. The summed E-state index contributed by atoms with van der Waals surface area (Å²) in [4.78, 5) is 38.8. The summed E-state index contributed by atoms with van der Waals surface area (Å²) in [6.45, 7) is 1.91. The van der Waals surface area contributed by atoms with Gasteiger partial charge in [-0.2, -0.15) is 0 Å².